The molecule has 28 heavy (non-hydrogen) atoms. The summed E-state index contributed by atoms with van der Waals surface area (Å²) in [4.78, 5) is 28.3. The van der Waals surface area contributed by atoms with Gasteiger partial charge < -0.3 is 10.6 Å². The topological polar surface area (TPSA) is 71.1 Å². The summed E-state index contributed by atoms with van der Waals surface area (Å²) in [6, 6.07) is 20.6. The number of anilines is 2. The van der Waals surface area contributed by atoms with E-state index in [1.165, 1.54) is 12.5 Å². The van der Waals surface area contributed by atoms with E-state index in [9.17, 15) is 9.59 Å². The van der Waals surface area contributed by atoms with Crippen LogP contribution in [0.25, 0.3) is 0 Å². The van der Waals surface area contributed by atoms with E-state index in [-0.39, 0.29) is 11.7 Å². The van der Waals surface area contributed by atoms with E-state index in [1.807, 2.05) is 18.2 Å². The lowest BCUT2D eigenvalue weighted by Crippen LogP contribution is -2.13. The van der Waals surface area contributed by atoms with Crippen molar-refractivity contribution in [3.8, 4) is 0 Å². The molecule has 3 rings (SSSR count). The van der Waals surface area contributed by atoms with Crippen LogP contribution in [0.4, 0.5) is 11.5 Å². The van der Waals surface area contributed by atoms with Gasteiger partial charge in [-0.1, -0.05) is 42.5 Å². The standard InChI is InChI=1S/C23H23N3O2/c1-17(27)19-10-5-11-21(15-19)26-23(28)20-12-14-25-22(16-20)24-13-6-9-18-7-3-2-4-8-18/h2-5,7-8,10-12,14-16H,6,9,13H2,1H3,(H,24,25)(H,26,28). The van der Waals surface area contributed by atoms with Crippen molar-refractivity contribution in [1.29, 1.82) is 0 Å². The highest BCUT2D eigenvalue weighted by molar-refractivity contribution is 6.05. The average molecular weight is 373 g/mol. The minimum absolute atomic E-state index is 0.0398. The van der Waals surface area contributed by atoms with Gasteiger partial charge in [0.05, 0.1) is 0 Å². The largest absolute Gasteiger partial charge is 0.370 e. The van der Waals surface area contributed by atoms with Gasteiger partial charge in [0.1, 0.15) is 5.82 Å². The summed E-state index contributed by atoms with van der Waals surface area (Å²) >= 11 is 0. The van der Waals surface area contributed by atoms with Gasteiger partial charge in [0, 0.05) is 29.6 Å². The summed E-state index contributed by atoms with van der Waals surface area (Å²) in [5.41, 5.74) is 2.96. The number of aryl methyl sites for hydroxylation is 1. The maximum Gasteiger partial charge on any atom is 0.255 e. The van der Waals surface area contributed by atoms with Crippen LogP contribution in [-0.2, 0) is 6.42 Å². The monoisotopic (exact) mass is 373 g/mol. The Morgan fingerprint density at radius 3 is 2.54 bits per heavy atom. The molecule has 2 aromatic carbocycles. The van der Waals surface area contributed by atoms with Crippen molar-refractivity contribution in [3.63, 3.8) is 0 Å². The van der Waals surface area contributed by atoms with Gasteiger partial charge in [-0.15, -0.1) is 0 Å². The van der Waals surface area contributed by atoms with Crippen LogP contribution in [0.2, 0.25) is 0 Å². The van der Waals surface area contributed by atoms with Gasteiger partial charge >= 0.3 is 0 Å². The van der Waals surface area contributed by atoms with Crippen LogP contribution < -0.4 is 10.6 Å². The fourth-order valence-electron chi connectivity index (χ4n) is 2.84. The zero-order valence-corrected chi connectivity index (χ0v) is 15.8. The second-order valence-electron chi connectivity index (χ2n) is 6.54. The molecule has 0 bridgehead atoms. The summed E-state index contributed by atoms with van der Waals surface area (Å²) in [7, 11) is 0. The predicted octanol–water partition coefficient (Wildman–Crippen LogP) is 4.58. The van der Waals surface area contributed by atoms with Crippen molar-refractivity contribution in [2.45, 2.75) is 19.8 Å². The Kier molecular flexibility index (Phi) is 6.52. The van der Waals surface area contributed by atoms with Crippen LogP contribution in [0.15, 0.2) is 72.9 Å². The van der Waals surface area contributed by atoms with Crippen molar-refractivity contribution in [2.75, 3.05) is 17.2 Å². The van der Waals surface area contributed by atoms with Crippen LogP contribution in [0.5, 0.6) is 0 Å². The third-order valence-electron chi connectivity index (χ3n) is 4.34. The number of Topliss-reactive ketones (excluding diaryl/α,β-unsaturated/α-hetero) is 1. The Balaban J connectivity index is 1.55. The van der Waals surface area contributed by atoms with Crippen LogP contribution in [0, 0.1) is 0 Å². The first kappa shape index (κ1) is 19.3. The molecule has 0 saturated carbocycles. The number of ketones is 1. The predicted molar refractivity (Wildman–Crippen MR) is 112 cm³/mol. The number of hydrogen-bond acceptors (Lipinski definition) is 4. The quantitative estimate of drug-likeness (QED) is 0.448. The Labute approximate surface area is 164 Å². The SMILES string of the molecule is CC(=O)c1cccc(NC(=O)c2ccnc(NCCCc3ccccc3)c2)c1. The zero-order valence-electron chi connectivity index (χ0n) is 15.8. The highest BCUT2D eigenvalue weighted by Gasteiger charge is 2.09. The van der Waals surface area contributed by atoms with Crippen LogP contribution in [0.3, 0.4) is 0 Å². The van der Waals surface area contributed by atoms with E-state index in [4.69, 9.17) is 0 Å². The molecule has 1 amide bonds. The summed E-state index contributed by atoms with van der Waals surface area (Å²) in [5.74, 6) is 0.385. The molecule has 1 aromatic heterocycles. The fourth-order valence-corrected chi connectivity index (χ4v) is 2.84. The molecule has 0 saturated heterocycles. The number of aromatic nitrogens is 1. The van der Waals surface area contributed by atoms with E-state index in [2.05, 4.69) is 27.8 Å². The van der Waals surface area contributed by atoms with Crippen molar-refractivity contribution >= 4 is 23.2 Å². The van der Waals surface area contributed by atoms with Crippen molar-refractivity contribution in [3.05, 3.63) is 89.6 Å². The normalized spacial score (nSPS) is 10.3. The maximum absolute atomic E-state index is 12.5. The number of carbonyl (C=O) groups excluding carboxylic acids is 2. The molecule has 0 aliphatic rings. The third kappa shape index (κ3) is 5.51. The average Bonchev–Trinajstić information content (AvgIpc) is 2.72. The molecule has 2 N–H and O–H groups in total. The molecular weight excluding hydrogens is 350 g/mol. The van der Waals surface area contributed by atoms with E-state index in [0.29, 0.717) is 22.6 Å². The third-order valence-corrected chi connectivity index (χ3v) is 4.34. The van der Waals surface area contributed by atoms with Gasteiger partial charge in [-0.3, -0.25) is 9.59 Å². The second kappa shape index (κ2) is 9.46. The van der Waals surface area contributed by atoms with E-state index in [1.54, 1.807) is 42.6 Å². The van der Waals surface area contributed by atoms with Crippen molar-refractivity contribution in [1.82, 2.24) is 4.98 Å². The number of carbonyl (C=O) groups is 2. The zero-order chi connectivity index (χ0) is 19.8. The lowest BCUT2D eigenvalue weighted by atomic mass is 10.1. The fraction of sp³-hybridized carbons (Fsp3) is 0.174. The minimum atomic E-state index is -0.240. The lowest BCUT2D eigenvalue weighted by molar-refractivity contribution is 0.101. The molecule has 5 heteroatoms. The molecule has 0 aliphatic heterocycles. The highest BCUT2D eigenvalue weighted by Crippen LogP contribution is 2.14. The van der Waals surface area contributed by atoms with Crippen molar-refractivity contribution in [2.24, 2.45) is 0 Å². The first-order valence-corrected chi connectivity index (χ1v) is 9.28. The number of nitrogens with zero attached hydrogens (tertiary/aromatic N) is 1. The van der Waals surface area contributed by atoms with Gasteiger partial charge in [0.25, 0.3) is 5.91 Å². The van der Waals surface area contributed by atoms with Gasteiger partial charge in [-0.2, -0.15) is 0 Å². The molecule has 1 heterocycles. The number of benzene rings is 2. The molecule has 3 aromatic rings. The number of nitrogens with one attached hydrogen (secondary N) is 2. The molecule has 0 fully saturated rings. The molecule has 0 unspecified atom stereocenters. The summed E-state index contributed by atoms with van der Waals surface area (Å²) in [6.45, 7) is 2.27. The van der Waals surface area contributed by atoms with Crippen LogP contribution in [-0.4, -0.2) is 23.2 Å². The Bertz CT molecular complexity index is 955. The summed E-state index contributed by atoms with van der Waals surface area (Å²) in [5, 5.41) is 6.09. The smallest absolute Gasteiger partial charge is 0.255 e. The lowest BCUT2D eigenvalue weighted by Gasteiger charge is -2.09. The van der Waals surface area contributed by atoms with Gasteiger partial charge in [-0.05, 0) is 49.6 Å². The first-order valence-electron chi connectivity index (χ1n) is 9.28. The first-order chi connectivity index (χ1) is 13.6. The molecular formula is C23H23N3O2. The number of rotatable bonds is 8. The van der Waals surface area contributed by atoms with Gasteiger partial charge in [0.2, 0.25) is 0 Å². The molecule has 5 nitrogen and oxygen atoms in total. The minimum Gasteiger partial charge on any atom is -0.370 e. The summed E-state index contributed by atoms with van der Waals surface area (Å²) in [6.07, 6.45) is 3.57. The number of amides is 1. The Hall–Kier alpha value is -3.47. The number of hydrogen-bond donors (Lipinski definition) is 2. The van der Waals surface area contributed by atoms with Crippen LogP contribution >= 0.6 is 0 Å². The highest BCUT2D eigenvalue weighted by atomic mass is 16.1. The van der Waals surface area contributed by atoms with E-state index >= 15 is 0 Å². The molecule has 0 atom stereocenters. The van der Waals surface area contributed by atoms with Crippen molar-refractivity contribution < 1.29 is 9.59 Å². The van der Waals surface area contributed by atoms with Crippen LogP contribution in [0.1, 0.15) is 39.6 Å². The Morgan fingerprint density at radius 1 is 0.929 bits per heavy atom. The number of pyridine rings is 1. The summed E-state index contributed by atoms with van der Waals surface area (Å²) < 4.78 is 0. The van der Waals surface area contributed by atoms with E-state index < -0.39 is 0 Å². The van der Waals surface area contributed by atoms with Gasteiger partial charge in [-0.25, -0.2) is 4.98 Å². The van der Waals surface area contributed by atoms with E-state index in [0.717, 1.165) is 19.4 Å². The van der Waals surface area contributed by atoms with Gasteiger partial charge in [0.15, 0.2) is 5.78 Å². The maximum atomic E-state index is 12.5. The molecule has 0 aliphatic carbocycles. The second-order valence-corrected chi connectivity index (χ2v) is 6.54. The molecule has 0 radical (unpaired) electrons. The molecule has 142 valence electrons. The molecule has 0 spiro atoms. The Morgan fingerprint density at radius 2 is 1.75 bits per heavy atom.